The molecule has 0 saturated carbocycles. The molecule has 0 aliphatic heterocycles. The minimum atomic E-state index is 0.345. The van der Waals surface area contributed by atoms with Crippen LogP contribution < -0.4 is 20.2 Å². The molecule has 0 aliphatic carbocycles. The standard InChI is InChI=1S/C16H20ClN3O2S/c1-4-7-18-16(23)20-19-11-12-9-13(17)15(22-8-5-2)14(10-12)21-6-3/h4-5,9-11H,1-2,6-8H2,3H3,(H2,18,20,23). The lowest BCUT2D eigenvalue weighted by molar-refractivity contribution is 0.297. The van der Waals surface area contributed by atoms with Crippen LogP contribution in [0.5, 0.6) is 11.5 Å². The van der Waals surface area contributed by atoms with Gasteiger partial charge < -0.3 is 14.8 Å². The average molecular weight is 354 g/mol. The van der Waals surface area contributed by atoms with E-state index >= 15 is 0 Å². The molecule has 0 radical (unpaired) electrons. The Hall–Kier alpha value is -2.05. The second-order valence-electron chi connectivity index (χ2n) is 4.23. The van der Waals surface area contributed by atoms with E-state index in [4.69, 9.17) is 33.3 Å². The third-order valence-corrected chi connectivity index (χ3v) is 2.98. The molecule has 0 unspecified atom stereocenters. The maximum atomic E-state index is 6.25. The minimum Gasteiger partial charge on any atom is -0.490 e. The van der Waals surface area contributed by atoms with Crippen molar-refractivity contribution in [1.29, 1.82) is 0 Å². The summed E-state index contributed by atoms with van der Waals surface area (Å²) in [6, 6.07) is 3.52. The van der Waals surface area contributed by atoms with E-state index in [9.17, 15) is 0 Å². The molecule has 23 heavy (non-hydrogen) atoms. The number of halogens is 1. The summed E-state index contributed by atoms with van der Waals surface area (Å²) in [7, 11) is 0. The smallest absolute Gasteiger partial charge is 0.187 e. The van der Waals surface area contributed by atoms with Gasteiger partial charge in [0.2, 0.25) is 0 Å². The van der Waals surface area contributed by atoms with E-state index in [1.54, 1.807) is 30.5 Å². The van der Waals surface area contributed by atoms with Gasteiger partial charge >= 0.3 is 0 Å². The third kappa shape index (κ3) is 6.71. The summed E-state index contributed by atoms with van der Waals surface area (Å²) in [6.07, 6.45) is 4.93. The summed E-state index contributed by atoms with van der Waals surface area (Å²) in [5.74, 6) is 1.04. The molecule has 0 saturated heterocycles. The molecular formula is C16H20ClN3O2S. The summed E-state index contributed by atoms with van der Waals surface area (Å²) in [5, 5.41) is 7.79. The summed E-state index contributed by atoms with van der Waals surface area (Å²) < 4.78 is 11.1. The number of rotatable bonds is 9. The fourth-order valence-corrected chi connectivity index (χ4v) is 1.99. The van der Waals surface area contributed by atoms with E-state index in [1.807, 2.05) is 6.92 Å². The molecule has 0 aliphatic rings. The fraction of sp³-hybridized carbons (Fsp3) is 0.250. The van der Waals surface area contributed by atoms with Crippen LogP contribution in [0.4, 0.5) is 0 Å². The molecule has 7 heteroatoms. The van der Waals surface area contributed by atoms with E-state index in [-0.39, 0.29) is 0 Å². The van der Waals surface area contributed by atoms with Crippen molar-refractivity contribution < 1.29 is 9.47 Å². The summed E-state index contributed by atoms with van der Waals surface area (Å²) >= 11 is 11.3. The van der Waals surface area contributed by atoms with E-state index in [2.05, 4.69) is 29.0 Å². The first-order valence-corrected chi connectivity index (χ1v) is 7.78. The lowest BCUT2D eigenvalue weighted by atomic mass is 10.2. The van der Waals surface area contributed by atoms with Crippen molar-refractivity contribution in [3.8, 4) is 11.5 Å². The first-order chi connectivity index (χ1) is 11.1. The Morgan fingerprint density at radius 3 is 2.78 bits per heavy atom. The molecule has 1 aromatic carbocycles. The van der Waals surface area contributed by atoms with Gasteiger partial charge in [-0.05, 0) is 36.8 Å². The number of nitrogens with one attached hydrogen (secondary N) is 2. The van der Waals surface area contributed by atoms with Crippen LogP contribution in [-0.4, -0.2) is 31.1 Å². The zero-order valence-electron chi connectivity index (χ0n) is 13.0. The van der Waals surface area contributed by atoms with Crippen molar-refractivity contribution in [2.75, 3.05) is 19.8 Å². The molecule has 0 spiro atoms. The first kappa shape index (κ1) is 19.0. The number of hydrogen-bond acceptors (Lipinski definition) is 4. The van der Waals surface area contributed by atoms with E-state index in [1.165, 1.54) is 0 Å². The monoisotopic (exact) mass is 353 g/mol. The zero-order chi connectivity index (χ0) is 17.1. The Morgan fingerprint density at radius 1 is 1.35 bits per heavy atom. The van der Waals surface area contributed by atoms with Gasteiger partial charge in [-0.2, -0.15) is 5.10 Å². The van der Waals surface area contributed by atoms with Gasteiger partial charge in [0.05, 0.1) is 17.8 Å². The van der Waals surface area contributed by atoms with Crippen molar-refractivity contribution in [3.05, 3.63) is 48.0 Å². The van der Waals surface area contributed by atoms with Crippen LogP contribution in [0.2, 0.25) is 5.02 Å². The minimum absolute atomic E-state index is 0.345. The summed E-state index contributed by atoms with van der Waals surface area (Å²) in [5.41, 5.74) is 3.45. The van der Waals surface area contributed by atoms with Gasteiger partial charge in [-0.15, -0.1) is 6.58 Å². The van der Waals surface area contributed by atoms with Gasteiger partial charge in [-0.25, -0.2) is 0 Å². The Bertz CT molecular complexity index is 591. The zero-order valence-corrected chi connectivity index (χ0v) is 14.5. The molecule has 5 nitrogen and oxygen atoms in total. The summed E-state index contributed by atoms with van der Waals surface area (Å²) in [6.45, 7) is 10.5. The van der Waals surface area contributed by atoms with Crippen molar-refractivity contribution in [2.45, 2.75) is 6.92 Å². The third-order valence-electron chi connectivity index (χ3n) is 2.46. The molecular weight excluding hydrogens is 334 g/mol. The van der Waals surface area contributed by atoms with Crippen molar-refractivity contribution in [3.63, 3.8) is 0 Å². The van der Waals surface area contributed by atoms with Gasteiger partial charge in [-0.1, -0.05) is 30.3 Å². The number of hydrogen-bond donors (Lipinski definition) is 2. The fourth-order valence-electron chi connectivity index (χ4n) is 1.58. The maximum Gasteiger partial charge on any atom is 0.187 e. The quantitative estimate of drug-likeness (QED) is 0.309. The molecule has 1 rings (SSSR count). The van der Waals surface area contributed by atoms with Crippen molar-refractivity contribution >= 4 is 35.1 Å². The van der Waals surface area contributed by atoms with Crippen LogP contribution in [0, 0.1) is 0 Å². The number of thiocarbonyl (C=S) groups is 1. The predicted octanol–water partition coefficient (Wildman–Crippen LogP) is 3.29. The second kappa shape index (κ2) is 10.6. The van der Waals surface area contributed by atoms with Gasteiger partial charge in [0, 0.05) is 6.54 Å². The highest BCUT2D eigenvalue weighted by atomic mass is 35.5. The molecule has 0 atom stereocenters. The Kier molecular flexibility index (Phi) is 8.79. The predicted molar refractivity (Wildman–Crippen MR) is 99.8 cm³/mol. The number of benzene rings is 1. The summed E-state index contributed by atoms with van der Waals surface area (Å²) in [4.78, 5) is 0. The lowest BCUT2D eigenvalue weighted by Gasteiger charge is -2.13. The van der Waals surface area contributed by atoms with Crippen LogP contribution >= 0.6 is 23.8 Å². The molecule has 0 bridgehead atoms. The van der Waals surface area contributed by atoms with Gasteiger partial charge in [0.1, 0.15) is 6.61 Å². The van der Waals surface area contributed by atoms with Crippen LogP contribution in [0.15, 0.2) is 42.5 Å². The Balaban J connectivity index is 2.84. The Labute approximate surface area is 147 Å². The van der Waals surface area contributed by atoms with Gasteiger partial charge in [0.25, 0.3) is 0 Å². The Morgan fingerprint density at radius 2 is 2.13 bits per heavy atom. The molecule has 0 fully saturated rings. The molecule has 1 aromatic rings. The topological polar surface area (TPSA) is 54.9 Å². The highest BCUT2D eigenvalue weighted by molar-refractivity contribution is 7.80. The highest BCUT2D eigenvalue weighted by Crippen LogP contribution is 2.36. The van der Waals surface area contributed by atoms with Crippen LogP contribution in [0.1, 0.15) is 12.5 Å². The highest BCUT2D eigenvalue weighted by Gasteiger charge is 2.11. The van der Waals surface area contributed by atoms with Crippen LogP contribution in [-0.2, 0) is 0 Å². The van der Waals surface area contributed by atoms with Crippen molar-refractivity contribution in [2.24, 2.45) is 5.10 Å². The molecule has 0 amide bonds. The molecule has 0 heterocycles. The normalized spacial score (nSPS) is 10.2. The lowest BCUT2D eigenvalue weighted by Crippen LogP contribution is -2.31. The van der Waals surface area contributed by atoms with E-state index < -0.39 is 0 Å². The number of hydrazone groups is 1. The number of ether oxygens (including phenoxy) is 2. The van der Waals surface area contributed by atoms with Gasteiger partial charge in [-0.3, -0.25) is 5.43 Å². The average Bonchev–Trinajstić information content (AvgIpc) is 2.52. The molecule has 124 valence electrons. The number of nitrogens with zero attached hydrogens (tertiary/aromatic N) is 1. The SMILES string of the molecule is C=CCNC(=S)NN=Cc1cc(Cl)c(OCC=C)c(OCC)c1. The van der Waals surface area contributed by atoms with E-state index in [0.717, 1.165) is 5.56 Å². The second-order valence-corrected chi connectivity index (χ2v) is 5.05. The van der Waals surface area contributed by atoms with Gasteiger partial charge in [0.15, 0.2) is 16.6 Å². The maximum absolute atomic E-state index is 6.25. The molecule has 0 aromatic heterocycles. The van der Waals surface area contributed by atoms with E-state index in [0.29, 0.717) is 41.4 Å². The first-order valence-electron chi connectivity index (χ1n) is 7.00. The van der Waals surface area contributed by atoms with Crippen LogP contribution in [0.3, 0.4) is 0 Å². The van der Waals surface area contributed by atoms with Crippen molar-refractivity contribution in [1.82, 2.24) is 10.7 Å². The van der Waals surface area contributed by atoms with Crippen LogP contribution in [0.25, 0.3) is 0 Å². The largest absolute Gasteiger partial charge is 0.490 e. The molecule has 2 N–H and O–H groups in total.